The predicted molar refractivity (Wildman–Crippen MR) is 101 cm³/mol. The Bertz CT molecular complexity index is 451. The largest absolute Gasteiger partial charge is 0.374 e. The van der Waals surface area contributed by atoms with E-state index in [1.54, 1.807) is 6.20 Å². The molecule has 1 heterocycles. The van der Waals surface area contributed by atoms with Crippen molar-refractivity contribution in [2.45, 2.75) is 76.7 Å². The van der Waals surface area contributed by atoms with Gasteiger partial charge in [-0.25, -0.2) is 0 Å². The average Bonchev–Trinajstić information content (AvgIpc) is 2.62. The van der Waals surface area contributed by atoms with Gasteiger partial charge in [-0.3, -0.25) is 4.79 Å². The lowest BCUT2D eigenvalue weighted by atomic mass is 9.97. The number of rotatable bonds is 3. The zero-order valence-corrected chi connectivity index (χ0v) is 15.6. The van der Waals surface area contributed by atoms with Crippen LogP contribution in [0.2, 0.25) is 0 Å². The molecule has 140 valence electrons. The Hall–Kier alpha value is -1.54. The lowest BCUT2D eigenvalue weighted by molar-refractivity contribution is -0.118. The highest BCUT2D eigenvalue weighted by atomic mass is 16.1. The Morgan fingerprint density at radius 3 is 2.00 bits per heavy atom. The fraction of sp³-hybridized carbons (Fsp3) is 0.800. The summed E-state index contributed by atoms with van der Waals surface area (Å²) in [6.07, 6.45) is 15.4. The van der Waals surface area contributed by atoms with Crippen LogP contribution in [0.5, 0.6) is 0 Å². The van der Waals surface area contributed by atoms with Crippen molar-refractivity contribution in [3.63, 3.8) is 0 Å². The van der Waals surface area contributed by atoms with Gasteiger partial charge in [0.2, 0.25) is 0 Å². The summed E-state index contributed by atoms with van der Waals surface area (Å²) in [6, 6.07) is 2.31. The number of nitriles is 1. The number of nitrogens with zero attached hydrogens (tertiary/aromatic N) is 2. The standard InChI is InChI=1S/C20H34N4O/c21-16-18(17-24-14-12-22-13-15-24)20(25)23-19-10-8-6-4-2-1-3-5-7-9-11-19/h17,19,22H,1-15H2,(H,23,25)/b18-17-. The first-order valence-electron chi connectivity index (χ1n) is 10.2. The first-order valence-corrected chi connectivity index (χ1v) is 10.2. The van der Waals surface area contributed by atoms with Crippen LogP contribution in [0.25, 0.3) is 0 Å². The van der Waals surface area contributed by atoms with Crippen LogP contribution in [0, 0.1) is 11.3 Å². The van der Waals surface area contributed by atoms with Crippen molar-refractivity contribution in [2.75, 3.05) is 26.2 Å². The summed E-state index contributed by atoms with van der Waals surface area (Å²) >= 11 is 0. The molecule has 0 bridgehead atoms. The fourth-order valence-electron chi connectivity index (χ4n) is 3.70. The topological polar surface area (TPSA) is 68.2 Å². The van der Waals surface area contributed by atoms with Crippen LogP contribution < -0.4 is 10.6 Å². The second-order valence-corrected chi connectivity index (χ2v) is 7.37. The summed E-state index contributed by atoms with van der Waals surface area (Å²) in [5.41, 5.74) is 0.244. The summed E-state index contributed by atoms with van der Waals surface area (Å²) in [7, 11) is 0. The molecule has 0 spiro atoms. The molecule has 0 aromatic heterocycles. The zero-order valence-electron chi connectivity index (χ0n) is 15.6. The molecule has 2 fully saturated rings. The van der Waals surface area contributed by atoms with Crippen LogP contribution in [-0.2, 0) is 4.79 Å². The quantitative estimate of drug-likeness (QED) is 0.609. The van der Waals surface area contributed by atoms with E-state index in [0.29, 0.717) is 0 Å². The summed E-state index contributed by atoms with van der Waals surface area (Å²) in [6.45, 7) is 3.50. The molecule has 0 aromatic carbocycles. The van der Waals surface area contributed by atoms with E-state index in [0.717, 1.165) is 39.0 Å². The van der Waals surface area contributed by atoms with Crippen molar-refractivity contribution in [3.8, 4) is 6.07 Å². The molecule has 2 rings (SSSR count). The van der Waals surface area contributed by atoms with Crippen LogP contribution in [-0.4, -0.2) is 43.0 Å². The van der Waals surface area contributed by atoms with Crippen LogP contribution in [0.4, 0.5) is 0 Å². The highest BCUT2D eigenvalue weighted by Gasteiger charge is 2.17. The number of piperazine rings is 1. The van der Waals surface area contributed by atoms with E-state index in [9.17, 15) is 10.1 Å². The Kier molecular flexibility index (Phi) is 9.43. The minimum absolute atomic E-state index is 0.196. The van der Waals surface area contributed by atoms with Gasteiger partial charge in [0.15, 0.2) is 0 Å². The van der Waals surface area contributed by atoms with Crippen molar-refractivity contribution < 1.29 is 4.79 Å². The second-order valence-electron chi connectivity index (χ2n) is 7.37. The van der Waals surface area contributed by atoms with E-state index in [1.165, 1.54) is 57.8 Å². The Labute approximate surface area is 152 Å². The van der Waals surface area contributed by atoms with Crippen LogP contribution >= 0.6 is 0 Å². The highest BCUT2D eigenvalue weighted by molar-refractivity contribution is 5.97. The molecule has 2 N–H and O–H groups in total. The van der Waals surface area contributed by atoms with Gasteiger partial charge in [0.25, 0.3) is 5.91 Å². The number of nitrogens with one attached hydrogen (secondary N) is 2. The van der Waals surface area contributed by atoms with Crippen LogP contribution in [0.3, 0.4) is 0 Å². The first-order chi connectivity index (χ1) is 12.3. The molecule has 5 heteroatoms. The van der Waals surface area contributed by atoms with E-state index in [1.807, 2.05) is 0 Å². The lowest BCUT2D eigenvalue weighted by Crippen LogP contribution is -2.41. The Balaban J connectivity index is 1.87. The van der Waals surface area contributed by atoms with Gasteiger partial charge in [-0.1, -0.05) is 57.8 Å². The summed E-state index contributed by atoms with van der Waals surface area (Å²) in [5, 5.41) is 15.8. The molecular formula is C20H34N4O. The molecule has 0 atom stereocenters. The monoisotopic (exact) mass is 346 g/mol. The van der Waals surface area contributed by atoms with Gasteiger partial charge in [-0.15, -0.1) is 0 Å². The SMILES string of the molecule is N#C/C(=C/N1CCNCC1)C(=O)NC1CCCCCCCCCCC1. The molecular weight excluding hydrogens is 312 g/mol. The summed E-state index contributed by atoms with van der Waals surface area (Å²) in [5.74, 6) is -0.196. The molecule has 0 unspecified atom stereocenters. The summed E-state index contributed by atoms with van der Waals surface area (Å²) in [4.78, 5) is 14.6. The normalized spacial score (nSPS) is 22.4. The molecule has 1 amide bonds. The van der Waals surface area contributed by atoms with Gasteiger partial charge < -0.3 is 15.5 Å². The van der Waals surface area contributed by atoms with E-state index < -0.39 is 0 Å². The minimum atomic E-state index is -0.196. The maximum atomic E-state index is 12.5. The fourth-order valence-corrected chi connectivity index (χ4v) is 3.70. The zero-order chi connectivity index (χ0) is 17.7. The molecule has 1 aliphatic carbocycles. The van der Waals surface area contributed by atoms with E-state index >= 15 is 0 Å². The van der Waals surface area contributed by atoms with Gasteiger partial charge in [0.05, 0.1) is 0 Å². The third-order valence-electron chi connectivity index (χ3n) is 5.27. The third kappa shape index (κ3) is 7.92. The van der Waals surface area contributed by atoms with Gasteiger partial charge in [0, 0.05) is 38.4 Å². The van der Waals surface area contributed by atoms with Crippen molar-refractivity contribution >= 4 is 5.91 Å². The molecule has 1 saturated carbocycles. The molecule has 1 aliphatic heterocycles. The first kappa shape index (κ1) is 19.8. The number of hydrogen-bond donors (Lipinski definition) is 2. The van der Waals surface area contributed by atoms with Crippen molar-refractivity contribution in [1.29, 1.82) is 5.26 Å². The Morgan fingerprint density at radius 1 is 0.960 bits per heavy atom. The number of amides is 1. The second kappa shape index (κ2) is 11.9. The van der Waals surface area contributed by atoms with Gasteiger partial charge in [0.1, 0.15) is 11.6 Å². The molecule has 2 aliphatic rings. The van der Waals surface area contributed by atoms with Crippen LogP contribution in [0.15, 0.2) is 11.8 Å². The van der Waals surface area contributed by atoms with Crippen LogP contribution in [0.1, 0.15) is 70.6 Å². The smallest absolute Gasteiger partial charge is 0.263 e. The third-order valence-corrected chi connectivity index (χ3v) is 5.27. The number of hydrogen-bond acceptors (Lipinski definition) is 4. The van der Waals surface area contributed by atoms with Gasteiger partial charge in [-0.05, 0) is 12.8 Å². The maximum absolute atomic E-state index is 12.5. The van der Waals surface area contributed by atoms with Crippen molar-refractivity contribution in [1.82, 2.24) is 15.5 Å². The predicted octanol–water partition coefficient (Wildman–Crippen LogP) is 3.09. The highest BCUT2D eigenvalue weighted by Crippen LogP contribution is 2.17. The summed E-state index contributed by atoms with van der Waals surface area (Å²) < 4.78 is 0. The van der Waals surface area contributed by atoms with E-state index in [2.05, 4.69) is 21.6 Å². The maximum Gasteiger partial charge on any atom is 0.263 e. The van der Waals surface area contributed by atoms with Gasteiger partial charge in [-0.2, -0.15) is 5.26 Å². The Morgan fingerprint density at radius 2 is 1.48 bits per heavy atom. The number of carbonyl (C=O) groups excluding carboxylic acids is 1. The number of carbonyl (C=O) groups is 1. The molecule has 1 saturated heterocycles. The minimum Gasteiger partial charge on any atom is -0.374 e. The van der Waals surface area contributed by atoms with E-state index in [4.69, 9.17) is 0 Å². The van der Waals surface area contributed by atoms with Gasteiger partial charge >= 0.3 is 0 Å². The molecule has 5 nitrogen and oxygen atoms in total. The van der Waals surface area contributed by atoms with Crippen molar-refractivity contribution in [2.24, 2.45) is 0 Å². The van der Waals surface area contributed by atoms with E-state index in [-0.39, 0.29) is 17.5 Å². The molecule has 0 radical (unpaired) electrons. The lowest BCUT2D eigenvalue weighted by Gasteiger charge is -2.26. The average molecular weight is 347 g/mol. The molecule has 0 aromatic rings. The molecule has 25 heavy (non-hydrogen) atoms. The van der Waals surface area contributed by atoms with Crippen molar-refractivity contribution in [3.05, 3.63) is 11.8 Å².